The molecule has 1 N–H and O–H groups in total. The number of halogens is 2. The van der Waals surface area contributed by atoms with E-state index in [-0.39, 0.29) is 29.1 Å². The van der Waals surface area contributed by atoms with Gasteiger partial charge < -0.3 is 15.0 Å². The number of sulfonamides is 1. The summed E-state index contributed by atoms with van der Waals surface area (Å²) in [5.74, 6) is -0.333. The summed E-state index contributed by atoms with van der Waals surface area (Å²) >= 11 is 12.2. The number of benzene rings is 3. The summed E-state index contributed by atoms with van der Waals surface area (Å²) < 4.78 is 33.9. The molecule has 3 aromatic carbocycles. The normalized spacial score (nSPS) is 12.8. The zero-order valence-electron chi connectivity index (χ0n) is 22.8. The first-order valence-electron chi connectivity index (χ1n) is 12.7. The Labute approximate surface area is 245 Å². The van der Waals surface area contributed by atoms with Crippen molar-refractivity contribution >= 4 is 50.7 Å². The van der Waals surface area contributed by atoms with Crippen LogP contribution in [0.1, 0.15) is 32.8 Å². The second kappa shape index (κ2) is 13.9. The quantitative estimate of drug-likeness (QED) is 0.293. The fourth-order valence-electron chi connectivity index (χ4n) is 3.91. The Morgan fingerprint density at radius 2 is 1.62 bits per heavy atom. The molecular weight excluding hydrogens is 573 g/mol. The lowest BCUT2D eigenvalue weighted by Crippen LogP contribution is -2.52. The van der Waals surface area contributed by atoms with Crippen LogP contribution in [0.15, 0.2) is 77.7 Å². The van der Waals surface area contributed by atoms with Crippen LogP contribution in [0.5, 0.6) is 5.75 Å². The maximum Gasteiger partial charge on any atom is 0.264 e. The summed E-state index contributed by atoms with van der Waals surface area (Å²) in [5, 5.41) is 3.58. The number of carbonyl (C=O) groups excluding carboxylic acids is 2. The lowest BCUT2D eigenvalue weighted by molar-refractivity contribution is -0.139. The van der Waals surface area contributed by atoms with Crippen LogP contribution < -0.4 is 14.4 Å². The molecule has 0 saturated carbocycles. The third-order valence-electron chi connectivity index (χ3n) is 6.43. The highest BCUT2D eigenvalue weighted by Gasteiger charge is 2.33. The lowest BCUT2D eigenvalue weighted by atomic mass is 10.1. The Morgan fingerprint density at radius 1 is 0.950 bits per heavy atom. The molecule has 8 nitrogen and oxygen atoms in total. The van der Waals surface area contributed by atoms with Gasteiger partial charge in [-0.15, -0.1) is 0 Å². The fourth-order valence-corrected chi connectivity index (χ4v) is 5.63. The molecule has 0 aliphatic heterocycles. The molecule has 0 spiro atoms. The molecule has 0 saturated heterocycles. The predicted molar refractivity (Wildman–Crippen MR) is 158 cm³/mol. The van der Waals surface area contributed by atoms with E-state index < -0.39 is 28.5 Å². The van der Waals surface area contributed by atoms with E-state index in [9.17, 15) is 18.0 Å². The second-order valence-electron chi connectivity index (χ2n) is 9.31. The van der Waals surface area contributed by atoms with Gasteiger partial charge in [0.15, 0.2) is 0 Å². The van der Waals surface area contributed by atoms with E-state index >= 15 is 0 Å². The second-order valence-corrected chi connectivity index (χ2v) is 12.0. The number of nitrogens with zero attached hydrogens (tertiary/aromatic N) is 2. The highest BCUT2D eigenvalue weighted by Crippen LogP contribution is 2.27. The van der Waals surface area contributed by atoms with Crippen LogP contribution in [0.4, 0.5) is 5.69 Å². The van der Waals surface area contributed by atoms with Crippen LogP contribution in [0.25, 0.3) is 0 Å². The van der Waals surface area contributed by atoms with E-state index in [1.54, 1.807) is 49.4 Å². The zero-order chi connectivity index (χ0) is 29.4. The van der Waals surface area contributed by atoms with Crippen molar-refractivity contribution in [3.05, 3.63) is 88.4 Å². The van der Waals surface area contributed by atoms with E-state index in [0.29, 0.717) is 27.8 Å². The van der Waals surface area contributed by atoms with Crippen LogP contribution in [0, 0.1) is 0 Å². The maximum atomic E-state index is 14.0. The SMILES string of the molecule is CC[C@H](C)NC(=O)[C@H](C)N(Cc1cccc(OC)c1)C(=O)CN(c1cccc(Cl)c1)S(=O)(=O)c1ccc(Cl)cc1. The van der Waals surface area contributed by atoms with Crippen molar-refractivity contribution in [3.8, 4) is 5.75 Å². The van der Waals surface area contributed by atoms with Crippen molar-refractivity contribution in [2.75, 3.05) is 18.0 Å². The molecule has 0 radical (unpaired) electrons. The van der Waals surface area contributed by atoms with Gasteiger partial charge in [0.1, 0.15) is 18.3 Å². The molecule has 0 unspecified atom stereocenters. The number of methoxy groups -OCH3 is 1. The van der Waals surface area contributed by atoms with Crippen molar-refractivity contribution < 1.29 is 22.7 Å². The van der Waals surface area contributed by atoms with E-state index in [1.807, 2.05) is 13.8 Å². The molecule has 0 aliphatic rings. The Hall–Kier alpha value is -3.27. The number of amides is 2. The van der Waals surface area contributed by atoms with E-state index in [4.69, 9.17) is 27.9 Å². The van der Waals surface area contributed by atoms with Gasteiger partial charge in [-0.25, -0.2) is 8.42 Å². The van der Waals surface area contributed by atoms with Crippen LogP contribution in [0.2, 0.25) is 10.0 Å². The van der Waals surface area contributed by atoms with E-state index in [1.165, 1.54) is 42.3 Å². The number of carbonyl (C=O) groups is 2. The number of ether oxygens (including phenoxy) is 1. The molecule has 0 bridgehead atoms. The summed E-state index contributed by atoms with van der Waals surface area (Å²) in [6.45, 7) is 4.91. The van der Waals surface area contributed by atoms with Gasteiger partial charge in [0.25, 0.3) is 10.0 Å². The Kier molecular flexibility index (Phi) is 10.8. The molecule has 0 fully saturated rings. The predicted octanol–water partition coefficient (Wildman–Crippen LogP) is 5.53. The molecular formula is C29H33Cl2N3O5S. The molecule has 2 atom stereocenters. The molecule has 11 heteroatoms. The van der Waals surface area contributed by atoms with Crippen LogP contribution >= 0.6 is 23.2 Å². The summed E-state index contributed by atoms with van der Waals surface area (Å²) in [5.41, 5.74) is 0.916. The fraction of sp³-hybridized carbons (Fsp3) is 0.310. The number of nitrogens with one attached hydrogen (secondary N) is 1. The monoisotopic (exact) mass is 605 g/mol. The lowest BCUT2D eigenvalue weighted by Gasteiger charge is -2.32. The first-order chi connectivity index (χ1) is 19.0. The summed E-state index contributed by atoms with van der Waals surface area (Å²) in [6, 6.07) is 18.0. The first-order valence-corrected chi connectivity index (χ1v) is 14.9. The van der Waals surface area contributed by atoms with Crippen molar-refractivity contribution in [2.24, 2.45) is 0 Å². The topological polar surface area (TPSA) is 96.0 Å². The average molecular weight is 607 g/mol. The standard InChI is InChI=1S/C29H33Cl2N3O5S/c1-5-20(2)32-29(36)21(3)33(18-22-8-6-11-26(16-22)39-4)28(35)19-34(25-10-7-9-24(31)17-25)40(37,38)27-14-12-23(30)13-15-27/h6-17,20-21H,5,18-19H2,1-4H3,(H,32,36)/t20-,21-/m0/s1. The van der Waals surface area contributed by atoms with Crippen molar-refractivity contribution in [2.45, 2.75) is 50.7 Å². The highest BCUT2D eigenvalue weighted by atomic mass is 35.5. The molecule has 0 heterocycles. The summed E-state index contributed by atoms with van der Waals surface area (Å²) in [4.78, 5) is 28.4. The van der Waals surface area contributed by atoms with Gasteiger partial charge in [0.2, 0.25) is 11.8 Å². The summed E-state index contributed by atoms with van der Waals surface area (Å²) in [6.07, 6.45) is 0.712. The van der Waals surface area contributed by atoms with Gasteiger partial charge in [0, 0.05) is 22.6 Å². The molecule has 0 aliphatic carbocycles. The third-order valence-corrected chi connectivity index (χ3v) is 8.71. The van der Waals surface area contributed by atoms with Crippen LogP contribution in [-0.2, 0) is 26.2 Å². The van der Waals surface area contributed by atoms with Crippen molar-refractivity contribution in [1.82, 2.24) is 10.2 Å². The number of rotatable bonds is 12. The first kappa shape index (κ1) is 31.3. The van der Waals surface area contributed by atoms with Gasteiger partial charge >= 0.3 is 0 Å². The minimum atomic E-state index is -4.22. The third kappa shape index (κ3) is 7.90. The number of hydrogen-bond donors (Lipinski definition) is 1. The highest BCUT2D eigenvalue weighted by molar-refractivity contribution is 7.92. The largest absolute Gasteiger partial charge is 0.497 e. The van der Waals surface area contributed by atoms with Gasteiger partial charge in [-0.3, -0.25) is 13.9 Å². The summed E-state index contributed by atoms with van der Waals surface area (Å²) in [7, 11) is -2.68. The Bertz CT molecular complexity index is 1430. The van der Waals surface area contributed by atoms with Crippen LogP contribution in [-0.4, -0.2) is 50.9 Å². The van der Waals surface area contributed by atoms with Gasteiger partial charge in [0.05, 0.1) is 17.7 Å². The minimum Gasteiger partial charge on any atom is -0.497 e. The maximum absolute atomic E-state index is 14.0. The Balaban J connectivity index is 2.03. The van der Waals surface area contributed by atoms with E-state index in [2.05, 4.69) is 5.32 Å². The molecule has 3 rings (SSSR count). The smallest absolute Gasteiger partial charge is 0.264 e. The number of anilines is 1. The molecule has 2 amide bonds. The average Bonchev–Trinajstić information content (AvgIpc) is 2.94. The molecule has 214 valence electrons. The van der Waals surface area contributed by atoms with E-state index in [0.717, 1.165) is 4.31 Å². The van der Waals surface area contributed by atoms with Gasteiger partial charge in [-0.05, 0) is 80.4 Å². The van der Waals surface area contributed by atoms with Crippen molar-refractivity contribution in [1.29, 1.82) is 0 Å². The number of hydrogen-bond acceptors (Lipinski definition) is 5. The minimum absolute atomic E-state index is 0.0495. The zero-order valence-corrected chi connectivity index (χ0v) is 25.1. The van der Waals surface area contributed by atoms with Gasteiger partial charge in [-0.2, -0.15) is 0 Å². The Morgan fingerprint density at radius 3 is 2.25 bits per heavy atom. The molecule has 0 aromatic heterocycles. The molecule has 3 aromatic rings. The van der Waals surface area contributed by atoms with Crippen molar-refractivity contribution in [3.63, 3.8) is 0 Å². The molecule has 40 heavy (non-hydrogen) atoms. The van der Waals surface area contributed by atoms with Crippen LogP contribution in [0.3, 0.4) is 0 Å². The van der Waals surface area contributed by atoms with Gasteiger partial charge in [-0.1, -0.05) is 48.3 Å².